The van der Waals surface area contributed by atoms with Crippen LogP contribution >= 0.6 is 11.6 Å². The Labute approximate surface area is 114 Å². The second kappa shape index (κ2) is 6.03. The molecule has 2 aromatic rings. The Balaban J connectivity index is 2.42. The molecular formula is C16H18ClN. The molecule has 0 fully saturated rings. The lowest BCUT2D eigenvalue weighted by Crippen LogP contribution is -2.18. The third-order valence-corrected chi connectivity index (χ3v) is 3.54. The van der Waals surface area contributed by atoms with Crippen LogP contribution in [0, 0.1) is 0 Å². The smallest absolute Gasteiger partial charge is 0.0589 e. The third kappa shape index (κ3) is 2.74. The molecule has 2 rings (SSSR count). The van der Waals surface area contributed by atoms with Gasteiger partial charge in [0, 0.05) is 5.02 Å². The molecule has 2 aromatic carbocycles. The molecule has 0 bridgehead atoms. The number of hydrogen-bond acceptors (Lipinski definition) is 1. The Morgan fingerprint density at radius 3 is 2.56 bits per heavy atom. The van der Waals surface area contributed by atoms with Gasteiger partial charge in [-0.25, -0.2) is 0 Å². The van der Waals surface area contributed by atoms with Crippen LogP contribution in [0.1, 0.15) is 29.7 Å². The summed E-state index contributed by atoms with van der Waals surface area (Å²) in [6.45, 7) is 2.17. The van der Waals surface area contributed by atoms with Gasteiger partial charge >= 0.3 is 0 Å². The molecule has 0 saturated heterocycles. The van der Waals surface area contributed by atoms with E-state index in [9.17, 15) is 0 Å². The van der Waals surface area contributed by atoms with Crippen LogP contribution in [0.4, 0.5) is 0 Å². The molecule has 0 aromatic heterocycles. The first-order valence-corrected chi connectivity index (χ1v) is 6.64. The molecule has 0 aliphatic rings. The van der Waals surface area contributed by atoms with Crippen molar-refractivity contribution in [1.82, 2.24) is 5.32 Å². The van der Waals surface area contributed by atoms with Crippen molar-refractivity contribution in [2.45, 2.75) is 19.4 Å². The summed E-state index contributed by atoms with van der Waals surface area (Å²) in [5.74, 6) is 0. The van der Waals surface area contributed by atoms with Gasteiger partial charge in [-0.3, -0.25) is 0 Å². The van der Waals surface area contributed by atoms with Crippen molar-refractivity contribution in [3.05, 3.63) is 70.2 Å². The van der Waals surface area contributed by atoms with Crippen LogP contribution in [0.15, 0.2) is 48.5 Å². The molecule has 0 aliphatic heterocycles. The van der Waals surface area contributed by atoms with E-state index in [0.29, 0.717) is 0 Å². The second-order valence-electron chi connectivity index (χ2n) is 4.34. The van der Waals surface area contributed by atoms with Crippen molar-refractivity contribution in [3.8, 4) is 0 Å². The largest absolute Gasteiger partial charge is 0.309 e. The van der Waals surface area contributed by atoms with E-state index in [-0.39, 0.29) is 6.04 Å². The van der Waals surface area contributed by atoms with Crippen molar-refractivity contribution in [1.29, 1.82) is 0 Å². The van der Waals surface area contributed by atoms with Crippen LogP contribution in [-0.2, 0) is 6.42 Å². The quantitative estimate of drug-likeness (QED) is 0.867. The van der Waals surface area contributed by atoms with E-state index < -0.39 is 0 Å². The van der Waals surface area contributed by atoms with E-state index in [0.717, 1.165) is 17.0 Å². The Morgan fingerprint density at radius 1 is 1.11 bits per heavy atom. The molecule has 1 atom stereocenters. The molecule has 1 nitrogen and oxygen atoms in total. The first kappa shape index (κ1) is 13.1. The maximum absolute atomic E-state index is 6.28. The fraction of sp³-hybridized carbons (Fsp3) is 0.250. The molecule has 0 spiro atoms. The SMILES string of the molecule is CCc1cccc(C(NC)c2ccccc2Cl)c1. The third-order valence-electron chi connectivity index (χ3n) is 3.20. The highest BCUT2D eigenvalue weighted by atomic mass is 35.5. The number of rotatable bonds is 4. The topological polar surface area (TPSA) is 12.0 Å². The van der Waals surface area contributed by atoms with E-state index >= 15 is 0 Å². The molecule has 0 saturated carbocycles. The molecule has 2 heteroatoms. The van der Waals surface area contributed by atoms with E-state index in [1.54, 1.807) is 0 Å². The summed E-state index contributed by atoms with van der Waals surface area (Å²) < 4.78 is 0. The zero-order chi connectivity index (χ0) is 13.0. The summed E-state index contributed by atoms with van der Waals surface area (Å²) in [5.41, 5.74) is 3.72. The average molecular weight is 260 g/mol. The molecular weight excluding hydrogens is 242 g/mol. The first-order valence-electron chi connectivity index (χ1n) is 6.26. The van der Waals surface area contributed by atoms with Crippen molar-refractivity contribution in [2.24, 2.45) is 0 Å². The number of hydrogen-bond donors (Lipinski definition) is 1. The van der Waals surface area contributed by atoms with Gasteiger partial charge in [-0.05, 0) is 36.2 Å². The van der Waals surface area contributed by atoms with Gasteiger partial charge in [-0.1, -0.05) is 61.0 Å². The molecule has 0 heterocycles. The lowest BCUT2D eigenvalue weighted by atomic mass is 9.96. The van der Waals surface area contributed by atoms with Crippen molar-refractivity contribution < 1.29 is 0 Å². The number of aryl methyl sites for hydroxylation is 1. The Bertz CT molecular complexity index is 522. The highest BCUT2D eigenvalue weighted by Gasteiger charge is 2.14. The normalized spacial score (nSPS) is 12.4. The van der Waals surface area contributed by atoms with Gasteiger partial charge in [-0.2, -0.15) is 0 Å². The number of nitrogens with one attached hydrogen (secondary N) is 1. The summed E-state index contributed by atoms with van der Waals surface area (Å²) in [4.78, 5) is 0. The van der Waals surface area contributed by atoms with E-state index in [2.05, 4.69) is 42.6 Å². The van der Waals surface area contributed by atoms with E-state index in [1.807, 2.05) is 25.2 Å². The molecule has 0 aliphatic carbocycles. The molecule has 1 N–H and O–H groups in total. The first-order chi connectivity index (χ1) is 8.76. The molecule has 1 unspecified atom stereocenters. The van der Waals surface area contributed by atoms with Crippen LogP contribution in [-0.4, -0.2) is 7.05 Å². The zero-order valence-electron chi connectivity index (χ0n) is 10.8. The number of benzene rings is 2. The fourth-order valence-electron chi connectivity index (χ4n) is 2.20. The van der Waals surface area contributed by atoms with E-state index in [4.69, 9.17) is 11.6 Å². The Morgan fingerprint density at radius 2 is 1.89 bits per heavy atom. The van der Waals surface area contributed by atoms with Gasteiger partial charge in [0.2, 0.25) is 0 Å². The van der Waals surface area contributed by atoms with Gasteiger partial charge in [0.25, 0.3) is 0 Å². The standard InChI is InChI=1S/C16H18ClN/c1-3-12-7-6-8-13(11-12)16(18-2)14-9-4-5-10-15(14)17/h4-11,16,18H,3H2,1-2H3. The number of halogens is 1. The van der Waals surface area contributed by atoms with Crippen molar-refractivity contribution in [3.63, 3.8) is 0 Å². The molecule has 0 amide bonds. The van der Waals surface area contributed by atoms with Gasteiger partial charge < -0.3 is 5.32 Å². The summed E-state index contributed by atoms with van der Waals surface area (Å²) in [7, 11) is 1.96. The van der Waals surface area contributed by atoms with Gasteiger partial charge in [0.05, 0.1) is 6.04 Å². The predicted molar refractivity (Wildman–Crippen MR) is 78.2 cm³/mol. The van der Waals surface area contributed by atoms with Crippen molar-refractivity contribution in [2.75, 3.05) is 7.05 Å². The zero-order valence-corrected chi connectivity index (χ0v) is 11.5. The summed E-state index contributed by atoms with van der Waals surface area (Å²) in [5, 5.41) is 4.15. The second-order valence-corrected chi connectivity index (χ2v) is 4.75. The minimum atomic E-state index is 0.144. The van der Waals surface area contributed by atoms with Crippen LogP contribution in [0.3, 0.4) is 0 Å². The summed E-state index contributed by atoms with van der Waals surface area (Å²) in [6, 6.07) is 16.8. The maximum Gasteiger partial charge on any atom is 0.0589 e. The van der Waals surface area contributed by atoms with Gasteiger partial charge in [0.1, 0.15) is 0 Å². The van der Waals surface area contributed by atoms with Crippen molar-refractivity contribution >= 4 is 11.6 Å². The lowest BCUT2D eigenvalue weighted by molar-refractivity contribution is 0.691. The van der Waals surface area contributed by atoms with Crippen LogP contribution in [0.25, 0.3) is 0 Å². The van der Waals surface area contributed by atoms with Crippen LogP contribution < -0.4 is 5.32 Å². The van der Waals surface area contributed by atoms with Gasteiger partial charge in [0.15, 0.2) is 0 Å². The monoisotopic (exact) mass is 259 g/mol. The molecule has 18 heavy (non-hydrogen) atoms. The fourth-order valence-corrected chi connectivity index (χ4v) is 2.45. The molecule has 0 radical (unpaired) electrons. The molecule has 94 valence electrons. The highest BCUT2D eigenvalue weighted by Crippen LogP contribution is 2.28. The van der Waals surface area contributed by atoms with Crippen LogP contribution in [0.2, 0.25) is 5.02 Å². The predicted octanol–water partition coefficient (Wildman–Crippen LogP) is 4.21. The summed E-state index contributed by atoms with van der Waals surface area (Å²) >= 11 is 6.28. The Hall–Kier alpha value is -1.31. The maximum atomic E-state index is 6.28. The minimum absolute atomic E-state index is 0.144. The van der Waals surface area contributed by atoms with Gasteiger partial charge in [-0.15, -0.1) is 0 Å². The highest BCUT2D eigenvalue weighted by molar-refractivity contribution is 6.31. The Kier molecular flexibility index (Phi) is 4.40. The lowest BCUT2D eigenvalue weighted by Gasteiger charge is -2.19. The van der Waals surface area contributed by atoms with E-state index in [1.165, 1.54) is 11.1 Å². The minimum Gasteiger partial charge on any atom is -0.309 e. The summed E-state index contributed by atoms with van der Waals surface area (Å²) in [6.07, 6.45) is 1.05. The van der Waals surface area contributed by atoms with Crippen LogP contribution in [0.5, 0.6) is 0 Å². The average Bonchev–Trinajstić information content (AvgIpc) is 2.42.